The highest BCUT2D eigenvalue weighted by Gasteiger charge is 2.47. The van der Waals surface area contributed by atoms with E-state index in [0.29, 0.717) is 18.8 Å². The number of piperidine rings is 1. The van der Waals surface area contributed by atoms with E-state index in [2.05, 4.69) is 15.6 Å². The number of ether oxygens (including phenoxy) is 1. The molecule has 31 heavy (non-hydrogen) atoms. The van der Waals surface area contributed by atoms with Crippen LogP contribution in [0.15, 0.2) is 55.0 Å². The molecule has 1 spiro atoms. The van der Waals surface area contributed by atoms with Crippen LogP contribution in [0.2, 0.25) is 0 Å². The summed E-state index contributed by atoms with van der Waals surface area (Å²) in [7, 11) is 0. The quantitative estimate of drug-likeness (QED) is 0.642. The van der Waals surface area contributed by atoms with Crippen LogP contribution in [0.1, 0.15) is 48.3 Å². The summed E-state index contributed by atoms with van der Waals surface area (Å²) >= 11 is 0. The summed E-state index contributed by atoms with van der Waals surface area (Å²) in [6.07, 6.45) is 9.10. The van der Waals surface area contributed by atoms with Gasteiger partial charge in [-0.05, 0) is 43.0 Å². The third-order valence-electron chi connectivity index (χ3n) is 7.14. The number of carbonyl (C=O) groups excluding carboxylic acids is 1. The average Bonchev–Trinajstić information content (AvgIpc) is 3.22. The van der Waals surface area contributed by atoms with Gasteiger partial charge in [0, 0.05) is 44.2 Å². The maximum atomic E-state index is 12.9. The van der Waals surface area contributed by atoms with Crippen LogP contribution in [-0.2, 0) is 12.1 Å². The van der Waals surface area contributed by atoms with Crippen molar-refractivity contribution in [2.24, 2.45) is 5.92 Å². The van der Waals surface area contributed by atoms with Crippen molar-refractivity contribution in [1.29, 1.82) is 0 Å². The molecule has 0 atom stereocenters. The van der Waals surface area contributed by atoms with Crippen LogP contribution in [-0.4, -0.2) is 38.4 Å². The van der Waals surface area contributed by atoms with Gasteiger partial charge in [-0.2, -0.15) is 0 Å². The number of hydrogen-bond donors (Lipinski definition) is 0. The maximum Gasteiger partial charge on any atom is 0.272 e. The number of hydrogen-bond acceptors (Lipinski definition) is 4. The Morgan fingerprint density at radius 2 is 1.87 bits per heavy atom. The molecule has 1 saturated carbocycles. The van der Waals surface area contributed by atoms with Crippen molar-refractivity contribution in [2.75, 3.05) is 13.1 Å². The van der Waals surface area contributed by atoms with Crippen LogP contribution in [0, 0.1) is 5.92 Å². The lowest BCUT2D eigenvalue weighted by atomic mass is 9.82. The van der Waals surface area contributed by atoms with E-state index < -0.39 is 5.60 Å². The number of carbonyl (C=O) groups is 1. The van der Waals surface area contributed by atoms with E-state index in [1.807, 2.05) is 41.6 Å². The maximum absolute atomic E-state index is 12.9. The summed E-state index contributed by atoms with van der Waals surface area (Å²) in [6, 6.07) is 13.7. The largest absolute Gasteiger partial charge is 0.480 e. The second-order valence-electron chi connectivity index (χ2n) is 8.99. The molecule has 4 heterocycles. The average molecular weight is 415 g/mol. The van der Waals surface area contributed by atoms with Crippen molar-refractivity contribution in [3.8, 4) is 17.0 Å². The van der Waals surface area contributed by atoms with Crippen LogP contribution >= 0.6 is 0 Å². The molecule has 0 radical (unpaired) electrons. The molecule has 2 fully saturated rings. The van der Waals surface area contributed by atoms with E-state index in [-0.39, 0.29) is 5.91 Å². The Labute approximate surface area is 181 Å². The van der Waals surface area contributed by atoms with E-state index in [1.54, 1.807) is 12.3 Å². The molecule has 0 bridgehead atoms. The number of rotatable bonds is 3. The number of para-hydroxylation sites is 1. The van der Waals surface area contributed by atoms with Crippen LogP contribution in [0.25, 0.3) is 11.3 Å². The molecular weight excluding hydrogens is 388 g/mol. The zero-order chi connectivity index (χ0) is 20.8. The molecular formula is C25H26N4O2. The van der Waals surface area contributed by atoms with Crippen molar-refractivity contribution in [1.82, 2.24) is 19.4 Å². The van der Waals surface area contributed by atoms with Crippen molar-refractivity contribution < 1.29 is 9.53 Å². The summed E-state index contributed by atoms with van der Waals surface area (Å²) in [5.74, 6) is 1.63. The topological polar surface area (TPSA) is 60.3 Å². The molecule has 0 unspecified atom stereocenters. The zero-order valence-corrected chi connectivity index (χ0v) is 17.5. The summed E-state index contributed by atoms with van der Waals surface area (Å²) < 4.78 is 9.08. The van der Waals surface area contributed by atoms with E-state index in [9.17, 15) is 4.79 Å². The van der Waals surface area contributed by atoms with Gasteiger partial charge in [0.15, 0.2) is 5.60 Å². The molecule has 3 aliphatic rings. The number of benzene rings is 1. The smallest absolute Gasteiger partial charge is 0.272 e. The van der Waals surface area contributed by atoms with E-state index >= 15 is 0 Å². The fraction of sp³-hybridized carbons (Fsp3) is 0.400. The highest BCUT2D eigenvalue weighted by molar-refractivity contribution is 5.92. The third-order valence-corrected chi connectivity index (χ3v) is 7.14. The van der Waals surface area contributed by atoms with Crippen molar-refractivity contribution in [3.63, 3.8) is 0 Å². The Balaban J connectivity index is 1.33. The first-order valence-electron chi connectivity index (χ1n) is 11.3. The molecule has 0 N–H and O–H groups in total. The molecule has 1 amide bonds. The second-order valence-corrected chi connectivity index (χ2v) is 8.99. The number of nitrogens with zero attached hydrogens (tertiary/aromatic N) is 4. The SMILES string of the molecule is O=C(c1ccccn1)N1CCC2(CC1)Oc1ccccc1-c1ncn(CC3CCC3)c12. The fourth-order valence-electron chi connectivity index (χ4n) is 5.22. The molecule has 2 aromatic heterocycles. The van der Waals surface area contributed by atoms with Gasteiger partial charge in [-0.25, -0.2) is 4.98 Å². The second kappa shape index (κ2) is 7.22. The molecule has 2 aliphatic heterocycles. The molecule has 6 nitrogen and oxygen atoms in total. The highest BCUT2D eigenvalue weighted by atomic mass is 16.5. The number of fused-ring (bicyclic) bond motifs is 4. The molecule has 158 valence electrons. The van der Waals surface area contributed by atoms with Gasteiger partial charge in [0.05, 0.1) is 17.7 Å². The van der Waals surface area contributed by atoms with Crippen LogP contribution in [0.3, 0.4) is 0 Å². The lowest BCUT2D eigenvalue weighted by Gasteiger charge is -2.45. The standard InChI is InChI=1S/C25H26N4O2/c30-24(20-9-3-4-13-26-20)28-14-11-25(12-15-28)23-22(19-8-1-2-10-21(19)31-25)27-17-29(23)16-18-6-5-7-18/h1-4,8-10,13,17-18H,5-7,11-12,14-16H2. The number of aromatic nitrogens is 3. The molecule has 3 aromatic rings. The normalized spacial score (nSPS) is 19.3. The fourth-order valence-corrected chi connectivity index (χ4v) is 5.22. The van der Waals surface area contributed by atoms with Crippen molar-refractivity contribution in [3.05, 3.63) is 66.4 Å². The van der Waals surface area contributed by atoms with Gasteiger partial charge in [-0.3, -0.25) is 9.78 Å². The summed E-state index contributed by atoms with van der Waals surface area (Å²) in [4.78, 5) is 23.9. The minimum absolute atomic E-state index is 0.00476. The van der Waals surface area contributed by atoms with Crippen LogP contribution in [0.5, 0.6) is 5.75 Å². The number of likely N-dealkylation sites (tertiary alicyclic amines) is 1. The zero-order valence-electron chi connectivity index (χ0n) is 17.5. The summed E-state index contributed by atoms with van der Waals surface area (Å²) in [5.41, 5.74) is 3.38. The van der Waals surface area contributed by atoms with Crippen molar-refractivity contribution >= 4 is 5.91 Å². The predicted octanol–water partition coefficient (Wildman–Crippen LogP) is 4.27. The first-order valence-corrected chi connectivity index (χ1v) is 11.3. The van der Waals surface area contributed by atoms with Gasteiger partial charge in [0.25, 0.3) is 5.91 Å². The number of amides is 1. The van der Waals surface area contributed by atoms with Gasteiger partial charge in [0.1, 0.15) is 11.4 Å². The van der Waals surface area contributed by atoms with Gasteiger partial charge >= 0.3 is 0 Å². The minimum Gasteiger partial charge on any atom is -0.480 e. The highest BCUT2D eigenvalue weighted by Crippen LogP contribution is 2.49. The predicted molar refractivity (Wildman–Crippen MR) is 117 cm³/mol. The van der Waals surface area contributed by atoms with Gasteiger partial charge < -0.3 is 14.2 Å². The van der Waals surface area contributed by atoms with Crippen LogP contribution in [0.4, 0.5) is 0 Å². The van der Waals surface area contributed by atoms with Gasteiger partial charge in [-0.15, -0.1) is 0 Å². The molecule has 1 aliphatic carbocycles. The minimum atomic E-state index is -0.440. The van der Waals surface area contributed by atoms with E-state index in [0.717, 1.165) is 42.3 Å². The lowest BCUT2D eigenvalue weighted by Crippen LogP contribution is -2.50. The Morgan fingerprint density at radius 3 is 2.61 bits per heavy atom. The number of imidazole rings is 1. The number of pyridine rings is 1. The Kier molecular flexibility index (Phi) is 4.33. The van der Waals surface area contributed by atoms with Crippen LogP contribution < -0.4 is 4.74 Å². The Hall–Kier alpha value is -3.15. The summed E-state index contributed by atoms with van der Waals surface area (Å²) in [6.45, 7) is 2.30. The monoisotopic (exact) mass is 414 g/mol. The molecule has 1 aromatic carbocycles. The molecule has 6 heteroatoms. The van der Waals surface area contributed by atoms with Gasteiger partial charge in [0.2, 0.25) is 0 Å². The van der Waals surface area contributed by atoms with Crippen molar-refractivity contribution in [2.45, 2.75) is 44.2 Å². The first-order chi connectivity index (χ1) is 15.2. The lowest BCUT2D eigenvalue weighted by molar-refractivity contribution is -0.00822. The van der Waals surface area contributed by atoms with E-state index in [1.165, 1.54) is 25.0 Å². The van der Waals surface area contributed by atoms with Gasteiger partial charge in [-0.1, -0.05) is 24.6 Å². The third kappa shape index (κ3) is 3.04. The molecule has 1 saturated heterocycles. The van der Waals surface area contributed by atoms with E-state index in [4.69, 9.17) is 9.72 Å². The Bertz CT molecular complexity index is 1110. The molecule has 6 rings (SSSR count). The Morgan fingerprint density at radius 1 is 1.06 bits per heavy atom. The first kappa shape index (κ1) is 18.6. The summed E-state index contributed by atoms with van der Waals surface area (Å²) in [5, 5.41) is 0.